The SMILES string of the molecule is CC(C)Oc1cncc(C2=CC3CC2CCN3)c1. The molecule has 2 unspecified atom stereocenters. The molecule has 3 nitrogen and oxygen atoms in total. The number of fused-ring (bicyclic) bond motifs is 2. The Morgan fingerprint density at radius 2 is 2.28 bits per heavy atom. The second-order valence-electron chi connectivity index (χ2n) is 5.48. The maximum atomic E-state index is 5.72. The van der Waals surface area contributed by atoms with Crippen LogP contribution in [0.2, 0.25) is 0 Å². The molecule has 0 amide bonds. The molecular formula is C15H20N2O. The van der Waals surface area contributed by atoms with Crippen LogP contribution in [0.1, 0.15) is 32.3 Å². The van der Waals surface area contributed by atoms with Gasteiger partial charge >= 0.3 is 0 Å². The molecule has 2 atom stereocenters. The van der Waals surface area contributed by atoms with Gasteiger partial charge in [0.05, 0.1) is 12.3 Å². The van der Waals surface area contributed by atoms with Gasteiger partial charge in [-0.05, 0) is 56.4 Å². The van der Waals surface area contributed by atoms with Crippen molar-refractivity contribution in [2.75, 3.05) is 6.54 Å². The van der Waals surface area contributed by atoms with Crippen molar-refractivity contribution >= 4 is 5.57 Å². The number of nitrogens with one attached hydrogen (secondary N) is 1. The Labute approximate surface area is 108 Å². The molecule has 1 aliphatic carbocycles. The van der Waals surface area contributed by atoms with Crippen molar-refractivity contribution in [1.82, 2.24) is 10.3 Å². The predicted octanol–water partition coefficient (Wildman–Crippen LogP) is 2.63. The van der Waals surface area contributed by atoms with Crippen molar-refractivity contribution in [2.24, 2.45) is 5.92 Å². The van der Waals surface area contributed by atoms with Crippen LogP contribution < -0.4 is 10.1 Å². The number of rotatable bonds is 3. The zero-order chi connectivity index (χ0) is 12.5. The Morgan fingerprint density at radius 1 is 1.39 bits per heavy atom. The van der Waals surface area contributed by atoms with Gasteiger partial charge in [-0.1, -0.05) is 6.08 Å². The van der Waals surface area contributed by atoms with Crippen LogP contribution in [-0.4, -0.2) is 23.7 Å². The maximum Gasteiger partial charge on any atom is 0.138 e. The molecule has 2 aliphatic rings. The van der Waals surface area contributed by atoms with Gasteiger partial charge in [-0.25, -0.2) is 0 Å². The first-order chi connectivity index (χ1) is 8.72. The lowest BCUT2D eigenvalue weighted by molar-refractivity contribution is 0.241. The van der Waals surface area contributed by atoms with E-state index in [1.54, 1.807) is 6.20 Å². The van der Waals surface area contributed by atoms with Crippen molar-refractivity contribution in [3.8, 4) is 5.75 Å². The predicted molar refractivity (Wildman–Crippen MR) is 72.5 cm³/mol. The molecule has 3 heteroatoms. The molecule has 1 aliphatic heterocycles. The number of hydrogen-bond donors (Lipinski definition) is 1. The van der Waals surface area contributed by atoms with E-state index in [-0.39, 0.29) is 6.10 Å². The van der Waals surface area contributed by atoms with Crippen molar-refractivity contribution in [3.63, 3.8) is 0 Å². The molecule has 0 spiro atoms. The topological polar surface area (TPSA) is 34.1 Å². The van der Waals surface area contributed by atoms with Crippen molar-refractivity contribution in [1.29, 1.82) is 0 Å². The standard InChI is InChI=1S/C15H20N2O/c1-10(2)18-14-6-12(8-16-9-14)15-7-13-5-11(15)3-4-17-13/h6-11,13,17H,3-5H2,1-2H3. The monoisotopic (exact) mass is 244 g/mol. The van der Waals surface area contributed by atoms with Gasteiger partial charge in [-0.3, -0.25) is 4.98 Å². The van der Waals surface area contributed by atoms with Gasteiger partial charge in [-0.2, -0.15) is 0 Å². The first-order valence-electron chi connectivity index (χ1n) is 6.79. The maximum absolute atomic E-state index is 5.72. The molecule has 0 radical (unpaired) electrons. The molecule has 2 bridgehead atoms. The summed E-state index contributed by atoms with van der Waals surface area (Å²) in [6.45, 7) is 5.21. The van der Waals surface area contributed by atoms with E-state index in [9.17, 15) is 0 Å². The van der Waals surface area contributed by atoms with E-state index in [0.29, 0.717) is 12.0 Å². The highest BCUT2D eigenvalue weighted by Gasteiger charge is 2.30. The van der Waals surface area contributed by atoms with Crippen LogP contribution in [0.3, 0.4) is 0 Å². The van der Waals surface area contributed by atoms with Gasteiger partial charge in [-0.15, -0.1) is 0 Å². The van der Waals surface area contributed by atoms with Gasteiger partial charge < -0.3 is 10.1 Å². The summed E-state index contributed by atoms with van der Waals surface area (Å²) >= 11 is 0. The normalized spacial score (nSPS) is 26.3. The Morgan fingerprint density at radius 3 is 3.06 bits per heavy atom. The van der Waals surface area contributed by atoms with E-state index in [4.69, 9.17) is 4.74 Å². The van der Waals surface area contributed by atoms with E-state index in [1.807, 2.05) is 20.0 Å². The number of ether oxygens (including phenoxy) is 1. The summed E-state index contributed by atoms with van der Waals surface area (Å²) in [5, 5.41) is 3.53. The summed E-state index contributed by atoms with van der Waals surface area (Å²) in [6, 6.07) is 2.69. The number of nitrogens with zero attached hydrogens (tertiary/aromatic N) is 1. The van der Waals surface area contributed by atoms with Crippen molar-refractivity contribution < 1.29 is 4.74 Å². The minimum Gasteiger partial charge on any atom is -0.489 e. The lowest BCUT2D eigenvalue weighted by atomic mass is 9.91. The third kappa shape index (κ3) is 2.27. The molecule has 1 saturated heterocycles. The molecule has 1 N–H and O–H groups in total. The van der Waals surface area contributed by atoms with E-state index in [1.165, 1.54) is 24.0 Å². The average Bonchev–Trinajstić information content (AvgIpc) is 2.64. The fraction of sp³-hybridized carbons (Fsp3) is 0.533. The lowest BCUT2D eigenvalue weighted by Crippen LogP contribution is -2.32. The summed E-state index contributed by atoms with van der Waals surface area (Å²) in [5.74, 6) is 1.57. The summed E-state index contributed by atoms with van der Waals surface area (Å²) in [6.07, 6.45) is 8.79. The highest BCUT2D eigenvalue weighted by Crippen LogP contribution is 2.38. The van der Waals surface area contributed by atoms with Gasteiger partial charge in [0, 0.05) is 12.2 Å². The smallest absolute Gasteiger partial charge is 0.138 e. The minimum atomic E-state index is 0.195. The van der Waals surface area contributed by atoms with Crippen molar-refractivity contribution in [3.05, 3.63) is 30.1 Å². The lowest BCUT2D eigenvalue weighted by Gasteiger charge is -2.22. The van der Waals surface area contributed by atoms with Crippen LogP contribution in [0, 0.1) is 5.92 Å². The van der Waals surface area contributed by atoms with Gasteiger partial charge in [0.15, 0.2) is 0 Å². The van der Waals surface area contributed by atoms with Crippen molar-refractivity contribution in [2.45, 2.75) is 38.8 Å². The van der Waals surface area contributed by atoms with E-state index < -0.39 is 0 Å². The van der Waals surface area contributed by atoms with Crippen LogP contribution in [0.5, 0.6) is 5.75 Å². The minimum absolute atomic E-state index is 0.195. The molecule has 1 aromatic heterocycles. The second kappa shape index (κ2) is 4.73. The molecule has 1 fully saturated rings. The highest BCUT2D eigenvalue weighted by atomic mass is 16.5. The first kappa shape index (κ1) is 11.7. The second-order valence-corrected chi connectivity index (χ2v) is 5.48. The van der Waals surface area contributed by atoms with Gasteiger partial charge in [0.2, 0.25) is 0 Å². The highest BCUT2D eigenvalue weighted by molar-refractivity contribution is 5.71. The zero-order valence-corrected chi connectivity index (χ0v) is 11.0. The van der Waals surface area contributed by atoms with Gasteiger partial charge in [0.25, 0.3) is 0 Å². The number of piperidine rings is 1. The molecule has 96 valence electrons. The Bertz CT molecular complexity index is 467. The quantitative estimate of drug-likeness (QED) is 0.887. The Hall–Kier alpha value is -1.35. The van der Waals surface area contributed by atoms with E-state index in [0.717, 1.165) is 12.3 Å². The summed E-state index contributed by atoms with van der Waals surface area (Å²) < 4.78 is 5.72. The van der Waals surface area contributed by atoms with Crippen LogP contribution >= 0.6 is 0 Å². The molecule has 0 saturated carbocycles. The fourth-order valence-electron chi connectivity index (χ4n) is 2.96. The van der Waals surface area contributed by atoms with Crippen LogP contribution in [0.15, 0.2) is 24.5 Å². The van der Waals surface area contributed by atoms with E-state index in [2.05, 4.69) is 22.4 Å². The summed E-state index contributed by atoms with van der Waals surface area (Å²) in [4.78, 5) is 4.31. The fourth-order valence-corrected chi connectivity index (χ4v) is 2.96. The first-order valence-corrected chi connectivity index (χ1v) is 6.79. The number of hydrogen-bond acceptors (Lipinski definition) is 3. The van der Waals surface area contributed by atoms with Gasteiger partial charge in [0.1, 0.15) is 5.75 Å². The number of aromatic nitrogens is 1. The molecule has 0 aromatic carbocycles. The third-order valence-corrected chi connectivity index (χ3v) is 3.68. The average molecular weight is 244 g/mol. The Balaban J connectivity index is 1.86. The number of allylic oxidation sites excluding steroid dienone is 1. The Kier molecular flexibility index (Phi) is 3.08. The molecule has 3 rings (SSSR count). The van der Waals surface area contributed by atoms with Crippen LogP contribution in [0.25, 0.3) is 5.57 Å². The van der Waals surface area contributed by atoms with Crippen LogP contribution in [-0.2, 0) is 0 Å². The largest absolute Gasteiger partial charge is 0.489 e. The third-order valence-electron chi connectivity index (χ3n) is 3.68. The summed E-state index contributed by atoms with van der Waals surface area (Å²) in [5.41, 5.74) is 2.68. The number of pyridine rings is 1. The molecular weight excluding hydrogens is 224 g/mol. The van der Waals surface area contributed by atoms with E-state index >= 15 is 0 Å². The summed E-state index contributed by atoms with van der Waals surface area (Å²) in [7, 11) is 0. The molecule has 1 aromatic rings. The molecule has 2 heterocycles. The zero-order valence-electron chi connectivity index (χ0n) is 11.0. The molecule has 18 heavy (non-hydrogen) atoms. The van der Waals surface area contributed by atoms with Crippen LogP contribution in [0.4, 0.5) is 0 Å².